The highest BCUT2D eigenvalue weighted by Gasteiger charge is 2.10. The van der Waals surface area contributed by atoms with Crippen LogP contribution in [0, 0.1) is 20.8 Å². The molecule has 3 heteroatoms. The normalized spacial score (nSPS) is 10.7. The summed E-state index contributed by atoms with van der Waals surface area (Å²) < 4.78 is 0. The molecule has 0 radical (unpaired) electrons. The summed E-state index contributed by atoms with van der Waals surface area (Å²) in [4.78, 5) is 9.34. The molecule has 3 nitrogen and oxygen atoms in total. The third-order valence-corrected chi connectivity index (χ3v) is 3.58. The quantitative estimate of drug-likeness (QED) is 0.909. The average molecular weight is 269 g/mol. The van der Waals surface area contributed by atoms with Crippen LogP contribution in [-0.2, 0) is 6.42 Å². The number of aryl methyl sites for hydroxylation is 4. The van der Waals surface area contributed by atoms with Gasteiger partial charge >= 0.3 is 0 Å². The third kappa shape index (κ3) is 2.98. The van der Waals surface area contributed by atoms with Crippen molar-refractivity contribution in [1.82, 2.24) is 9.97 Å². The van der Waals surface area contributed by atoms with Crippen molar-refractivity contribution in [1.29, 1.82) is 0 Å². The van der Waals surface area contributed by atoms with Crippen molar-refractivity contribution < 1.29 is 0 Å². The third-order valence-electron chi connectivity index (χ3n) is 3.58. The second kappa shape index (κ2) is 6.04. The Morgan fingerprint density at radius 1 is 0.900 bits per heavy atom. The van der Waals surface area contributed by atoms with Crippen molar-refractivity contribution in [2.75, 3.05) is 11.9 Å². The van der Waals surface area contributed by atoms with Crippen molar-refractivity contribution in [2.45, 2.75) is 41.0 Å². The fraction of sp³-hybridized carbons (Fsp3) is 0.412. The molecule has 0 amide bonds. The molecule has 0 atom stereocenters. The van der Waals surface area contributed by atoms with Crippen molar-refractivity contribution in [3.8, 4) is 11.4 Å². The summed E-state index contributed by atoms with van der Waals surface area (Å²) in [5.41, 5.74) is 6.01. The lowest BCUT2D eigenvalue weighted by Gasteiger charge is -2.12. The number of nitrogens with zero attached hydrogens (tertiary/aromatic N) is 2. The van der Waals surface area contributed by atoms with Crippen LogP contribution in [-0.4, -0.2) is 16.5 Å². The van der Waals surface area contributed by atoms with Gasteiger partial charge in [0.15, 0.2) is 5.82 Å². The van der Waals surface area contributed by atoms with Gasteiger partial charge in [-0.3, -0.25) is 0 Å². The molecule has 0 spiro atoms. The average Bonchev–Trinajstić information content (AvgIpc) is 2.42. The second-order valence-corrected chi connectivity index (χ2v) is 5.20. The Labute approximate surface area is 121 Å². The van der Waals surface area contributed by atoms with E-state index in [2.05, 4.69) is 62.0 Å². The first kappa shape index (κ1) is 14.5. The number of hydrogen-bond donors (Lipinski definition) is 1. The largest absolute Gasteiger partial charge is 0.370 e. The molecule has 1 N–H and O–H groups in total. The molecule has 0 aliphatic heterocycles. The van der Waals surface area contributed by atoms with E-state index in [1.807, 2.05) is 6.07 Å². The monoisotopic (exact) mass is 269 g/mol. The van der Waals surface area contributed by atoms with Gasteiger partial charge in [0.2, 0.25) is 0 Å². The molecule has 2 aromatic rings. The first-order valence-corrected chi connectivity index (χ1v) is 7.25. The second-order valence-electron chi connectivity index (χ2n) is 5.20. The molecule has 0 aliphatic carbocycles. The molecule has 106 valence electrons. The van der Waals surface area contributed by atoms with Crippen LogP contribution in [0.5, 0.6) is 0 Å². The Bertz CT molecular complexity index is 618. The first-order chi connectivity index (χ1) is 9.55. The molecule has 0 bridgehead atoms. The summed E-state index contributed by atoms with van der Waals surface area (Å²) in [6.45, 7) is 11.5. The van der Waals surface area contributed by atoms with E-state index in [0.29, 0.717) is 0 Å². The van der Waals surface area contributed by atoms with E-state index in [1.165, 1.54) is 16.7 Å². The SMILES string of the molecule is CCNc1cc(CC)nc(-c2cc(C)c(C)cc2C)n1. The first-order valence-electron chi connectivity index (χ1n) is 7.25. The molecular weight excluding hydrogens is 246 g/mol. The Morgan fingerprint density at radius 3 is 2.25 bits per heavy atom. The van der Waals surface area contributed by atoms with Gasteiger partial charge in [0.05, 0.1) is 0 Å². The minimum absolute atomic E-state index is 0.820. The summed E-state index contributed by atoms with van der Waals surface area (Å²) in [5, 5.41) is 3.29. The molecule has 1 aromatic heterocycles. The molecule has 0 saturated carbocycles. The predicted molar refractivity (Wildman–Crippen MR) is 85.2 cm³/mol. The van der Waals surface area contributed by atoms with Crippen LogP contribution in [0.3, 0.4) is 0 Å². The molecule has 0 aliphatic rings. The summed E-state index contributed by atoms with van der Waals surface area (Å²) in [7, 11) is 0. The van der Waals surface area contributed by atoms with Gasteiger partial charge in [-0.05, 0) is 56.9 Å². The molecule has 0 saturated heterocycles. The van der Waals surface area contributed by atoms with E-state index in [1.54, 1.807) is 0 Å². The molecule has 1 aromatic carbocycles. The van der Waals surface area contributed by atoms with Crippen molar-refractivity contribution in [3.05, 3.63) is 40.6 Å². The molecule has 0 fully saturated rings. The van der Waals surface area contributed by atoms with Crippen LogP contribution >= 0.6 is 0 Å². The van der Waals surface area contributed by atoms with Crippen LogP contribution < -0.4 is 5.32 Å². The van der Waals surface area contributed by atoms with E-state index >= 15 is 0 Å². The van der Waals surface area contributed by atoms with Gasteiger partial charge in [0, 0.05) is 23.9 Å². The lowest BCUT2D eigenvalue weighted by Crippen LogP contribution is -2.04. The standard InChI is InChI=1S/C17H23N3/c1-6-14-10-16(18-7-2)20-17(19-14)15-9-12(4)11(3)8-13(15)5/h8-10H,6-7H2,1-5H3,(H,18,19,20). The highest BCUT2D eigenvalue weighted by molar-refractivity contribution is 5.64. The van der Waals surface area contributed by atoms with Crippen LogP contribution in [0.25, 0.3) is 11.4 Å². The zero-order chi connectivity index (χ0) is 14.7. The van der Waals surface area contributed by atoms with E-state index in [-0.39, 0.29) is 0 Å². The minimum atomic E-state index is 0.820. The lowest BCUT2D eigenvalue weighted by molar-refractivity contribution is 0.996. The van der Waals surface area contributed by atoms with Crippen LogP contribution in [0.4, 0.5) is 5.82 Å². The van der Waals surface area contributed by atoms with Crippen molar-refractivity contribution >= 4 is 5.82 Å². The number of hydrogen-bond acceptors (Lipinski definition) is 3. The zero-order valence-electron chi connectivity index (χ0n) is 13.0. The Hall–Kier alpha value is -1.90. The Kier molecular flexibility index (Phi) is 4.38. The molecule has 20 heavy (non-hydrogen) atoms. The highest BCUT2D eigenvalue weighted by Crippen LogP contribution is 2.25. The fourth-order valence-corrected chi connectivity index (χ4v) is 2.27. The molecule has 1 heterocycles. The lowest BCUT2D eigenvalue weighted by atomic mass is 10.0. The number of aromatic nitrogens is 2. The van der Waals surface area contributed by atoms with Gasteiger partial charge in [0.1, 0.15) is 5.82 Å². The maximum absolute atomic E-state index is 4.68. The Morgan fingerprint density at radius 2 is 1.60 bits per heavy atom. The fourth-order valence-electron chi connectivity index (χ4n) is 2.27. The maximum Gasteiger partial charge on any atom is 0.162 e. The summed E-state index contributed by atoms with van der Waals surface area (Å²) in [6.07, 6.45) is 0.914. The minimum Gasteiger partial charge on any atom is -0.370 e. The smallest absolute Gasteiger partial charge is 0.162 e. The van der Waals surface area contributed by atoms with Gasteiger partial charge in [-0.25, -0.2) is 9.97 Å². The zero-order valence-corrected chi connectivity index (χ0v) is 13.0. The Balaban J connectivity index is 2.56. The van der Waals surface area contributed by atoms with Crippen LogP contribution in [0.15, 0.2) is 18.2 Å². The number of nitrogens with one attached hydrogen (secondary N) is 1. The predicted octanol–water partition coefficient (Wildman–Crippen LogP) is 4.06. The van der Waals surface area contributed by atoms with Crippen molar-refractivity contribution in [2.24, 2.45) is 0 Å². The van der Waals surface area contributed by atoms with Crippen LogP contribution in [0.1, 0.15) is 36.2 Å². The highest BCUT2D eigenvalue weighted by atomic mass is 15.0. The van der Waals surface area contributed by atoms with Gasteiger partial charge < -0.3 is 5.32 Å². The number of benzene rings is 1. The van der Waals surface area contributed by atoms with E-state index in [9.17, 15) is 0 Å². The summed E-state index contributed by atoms with van der Waals surface area (Å²) in [5.74, 6) is 1.73. The molecule has 2 rings (SSSR count). The summed E-state index contributed by atoms with van der Waals surface area (Å²) >= 11 is 0. The molecule has 0 unspecified atom stereocenters. The molecular formula is C17H23N3. The van der Waals surface area contributed by atoms with Crippen LogP contribution in [0.2, 0.25) is 0 Å². The van der Waals surface area contributed by atoms with E-state index < -0.39 is 0 Å². The van der Waals surface area contributed by atoms with Gasteiger partial charge in [-0.2, -0.15) is 0 Å². The van der Waals surface area contributed by atoms with Gasteiger partial charge in [-0.1, -0.05) is 13.0 Å². The maximum atomic E-state index is 4.68. The topological polar surface area (TPSA) is 37.8 Å². The summed E-state index contributed by atoms with van der Waals surface area (Å²) in [6, 6.07) is 6.43. The number of rotatable bonds is 4. The van der Waals surface area contributed by atoms with E-state index in [4.69, 9.17) is 0 Å². The van der Waals surface area contributed by atoms with Gasteiger partial charge in [-0.15, -0.1) is 0 Å². The van der Waals surface area contributed by atoms with E-state index in [0.717, 1.165) is 35.9 Å². The van der Waals surface area contributed by atoms with Gasteiger partial charge in [0.25, 0.3) is 0 Å². The number of anilines is 1. The van der Waals surface area contributed by atoms with Crippen molar-refractivity contribution in [3.63, 3.8) is 0 Å².